The van der Waals surface area contributed by atoms with Crippen molar-refractivity contribution < 1.29 is 62.2 Å². The Morgan fingerprint density at radius 1 is 0.653 bits per heavy atom. The summed E-state index contributed by atoms with van der Waals surface area (Å²) < 4.78 is 53.3. The Labute approximate surface area is 414 Å². The molecule has 384 valence electrons. The van der Waals surface area contributed by atoms with E-state index in [0.29, 0.717) is 37.6 Å². The zero-order valence-electron chi connectivity index (χ0n) is 39.3. The molecule has 1 amide bonds. The van der Waals surface area contributed by atoms with E-state index in [4.69, 9.17) is 29.8 Å². The van der Waals surface area contributed by atoms with Gasteiger partial charge in [-0.3, -0.25) is 23.7 Å². The fraction of sp³-hybridized carbons (Fsp3) is 0.412. The Morgan fingerprint density at radius 3 is 1.58 bits per heavy atom. The number of aliphatic carboxylic acids is 1. The number of ether oxygens (including phenoxy) is 4. The van der Waals surface area contributed by atoms with Crippen molar-refractivity contribution in [2.45, 2.75) is 57.4 Å². The molecule has 0 saturated carbocycles. The smallest absolute Gasteiger partial charge is 0.377 e. The number of aliphatic hydroxyl groups is 2. The van der Waals surface area contributed by atoms with Gasteiger partial charge in [0.15, 0.2) is 34.6 Å². The van der Waals surface area contributed by atoms with Crippen molar-refractivity contribution in [2.24, 2.45) is 19.8 Å². The van der Waals surface area contributed by atoms with Crippen molar-refractivity contribution in [2.75, 3.05) is 65.7 Å². The maximum absolute atomic E-state index is 14.6. The van der Waals surface area contributed by atoms with E-state index in [1.54, 1.807) is 66.2 Å². The van der Waals surface area contributed by atoms with Crippen molar-refractivity contribution in [3.63, 3.8) is 0 Å². The second kappa shape index (κ2) is 23.5. The SMILES string of the molecule is C.Cn1ncc2ccc(C(=O)C(=O)N[C@H](CN3CCCC3)[C@H](O)c3cc(F)c4c(c3)OCCO4)cc21.Cn1ncc2ccc(C(=O)C(=O)O)cc21.N[C@H](CN1CCCC1)[C@H](O)c1cc(F)c2c(c1)OCCO2. The molecule has 6 aromatic rings. The molecule has 0 unspecified atom stereocenters. The summed E-state index contributed by atoms with van der Waals surface area (Å²) in [7, 11) is 3.49. The van der Waals surface area contributed by atoms with Gasteiger partial charge in [0.25, 0.3) is 11.7 Å². The number of halogens is 2. The molecular formula is C51H60F2N8O11. The van der Waals surface area contributed by atoms with E-state index in [0.717, 1.165) is 60.8 Å². The molecule has 4 aliphatic heterocycles. The number of hydrogen-bond donors (Lipinski definition) is 5. The van der Waals surface area contributed by atoms with E-state index in [1.807, 2.05) is 0 Å². The molecule has 6 heterocycles. The van der Waals surface area contributed by atoms with Crippen LogP contribution < -0.4 is 30.0 Å². The molecule has 72 heavy (non-hydrogen) atoms. The van der Waals surface area contributed by atoms with Crippen LogP contribution in [0.3, 0.4) is 0 Å². The number of aliphatic hydroxyl groups excluding tert-OH is 2. The van der Waals surface area contributed by atoms with Crippen LogP contribution in [0.5, 0.6) is 23.0 Å². The van der Waals surface area contributed by atoms with Crippen molar-refractivity contribution in [1.82, 2.24) is 34.7 Å². The van der Waals surface area contributed by atoms with Gasteiger partial charge in [0.2, 0.25) is 5.78 Å². The predicted octanol–water partition coefficient (Wildman–Crippen LogP) is 4.51. The Balaban J connectivity index is 0.000000174. The van der Waals surface area contributed by atoms with Crippen molar-refractivity contribution in [1.29, 1.82) is 0 Å². The number of hydrogen-bond acceptors (Lipinski definition) is 15. The van der Waals surface area contributed by atoms with E-state index in [9.17, 15) is 38.2 Å². The van der Waals surface area contributed by atoms with Crippen LogP contribution in [0, 0.1) is 11.6 Å². The molecule has 4 aromatic carbocycles. The lowest BCUT2D eigenvalue weighted by Crippen LogP contribution is -2.48. The highest BCUT2D eigenvalue weighted by Gasteiger charge is 2.32. The molecule has 10 rings (SSSR count). The van der Waals surface area contributed by atoms with Gasteiger partial charge < -0.3 is 55.1 Å². The van der Waals surface area contributed by atoms with E-state index < -0.39 is 59.4 Å². The number of carbonyl (C=O) groups is 4. The Kier molecular flexibility index (Phi) is 17.2. The minimum absolute atomic E-state index is 0. The molecule has 21 heteroatoms. The number of aryl methyl sites for hydroxylation is 2. The van der Waals surface area contributed by atoms with Crippen LogP contribution in [-0.4, -0.2) is 146 Å². The number of carboxylic acids is 1. The number of nitrogens with one attached hydrogen (secondary N) is 1. The summed E-state index contributed by atoms with van der Waals surface area (Å²) in [6, 6.07) is 13.9. The first-order valence-corrected chi connectivity index (χ1v) is 23.4. The second-order valence-corrected chi connectivity index (χ2v) is 17.7. The van der Waals surface area contributed by atoms with E-state index in [-0.39, 0.29) is 54.6 Å². The molecule has 6 N–H and O–H groups in total. The summed E-state index contributed by atoms with van der Waals surface area (Å²) in [5.74, 6) is -4.42. The zero-order valence-corrected chi connectivity index (χ0v) is 39.3. The Bertz CT molecular complexity index is 2920. The van der Waals surface area contributed by atoms with Crippen molar-refractivity contribution in [3.8, 4) is 23.0 Å². The lowest BCUT2D eigenvalue weighted by molar-refractivity contribution is -0.131. The van der Waals surface area contributed by atoms with Crippen LogP contribution in [0.2, 0.25) is 0 Å². The van der Waals surface area contributed by atoms with Crippen molar-refractivity contribution in [3.05, 3.63) is 107 Å². The van der Waals surface area contributed by atoms with E-state index >= 15 is 0 Å². The standard InChI is InChI=1S/C25H27FN4O5.C15H21FN2O3.C10H8N2O3.CH4/c1-29-20-11-15(4-5-16(20)13-27-29)23(32)25(33)28-19(14-30-6-2-3-7-30)22(31)17-10-18(26)24-21(12-17)34-8-9-35-24;16-11-7-10(8-13-15(11)21-6-5-20-13)14(19)12(17)9-18-3-1-2-4-18;1-12-8-4-6(9(13)10(14)15)2-3-7(8)5-11-12;/h4-5,10-13,19,22,31H,2-3,6-9,14H2,1H3,(H,28,33);7-8,12,14,19H,1-6,9,17H2;2-5H,1H3,(H,14,15);1H4/t19-,22-;12-,14-;;/m11../s1. The zero-order chi connectivity index (χ0) is 50.3. The normalized spacial score (nSPS) is 16.8. The maximum atomic E-state index is 14.6. The van der Waals surface area contributed by atoms with Crippen LogP contribution in [-0.2, 0) is 23.7 Å². The number of ketones is 2. The molecule has 0 spiro atoms. The van der Waals surface area contributed by atoms with Gasteiger partial charge in [-0.2, -0.15) is 10.2 Å². The molecule has 0 bridgehead atoms. The van der Waals surface area contributed by atoms with Gasteiger partial charge in [0.05, 0.1) is 35.6 Å². The average molecular weight is 999 g/mol. The molecule has 2 fully saturated rings. The predicted molar refractivity (Wildman–Crippen MR) is 260 cm³/mol. The topological polar surface area (TPSA) is 246 Å². The highest BCUT2D eigenvalue weighted by atomic mass is 19.1. The Hall–Kier alpha value is -7.04. The quantitative estimate of drug-likeness (QED) is 0.0789. The summed E-state index contributed by atoms with van der Waals surface area (Å²) in [5.41, 5.74) is 8.59. The third-order valence-corrected chi connectivity index (χ3v) is 12.8. The number of amides is 1. The molecule has 0 radical (unpaired) electrons. The van der Waals surface area contributed by atoms with Crippen molar-refractivity contribution >= 4 is 45.2 Å². The van der Waals surface area contributed by atoms with E-state index in [2.05, 4.69) is 25.3 Å². The van der Waals surface area contributed by atoms with Crippen LogP contribution in [0.4, 0.5) is 8.78 Å². The minimum Gasteiger partial charge on any atom is -0.486 e. The third-order valence-electron chi connectivity index (χ3n) is 12.8. The van der Waals surface area contributed by atoms with Gasteiger partial charge in [-0.25, -0.2) is 13.6 Å². The molecular weight excluding hydrogens is 939 g/mol. The first-order chi connectivity index (χ1) is 34.1. The largest absolute Gasteiger partial charge is 0.486 e. The summed E-state index contributed by atoms with van der Waals surface area (Å²) in [5, 5.41) is 42.7. The van der Waals surface area contributed by atoms with E-state index in [1.165, 1.54) is 43.2 Å². The van der Waals surface area contributed by atoms with Gasteiger partial charge in [-0.1, -0.05) is 25.6 Å². The number of nitrogens with two attached hydrogens (primary N) is 1. The molecule has 4 aliphatic rings. The highest BCUT2D eigenvalue weighted by molar-refractivity contribution is 6.43. The summed E-state index contributed by atoms with van der Waals surface area (Å²) in [4.78, 5) is 52.0. The first kappa shape index (κ1) is 52.8. The first-order valence-electron chi connectivity index (χ1n) is 23.4. The number of rotatable bonds is 13. The number of Topliss-reactive ketones (excluding diaryl/α,β-unsaturated/α-hetero) is 2. The third kappa shape index (κ3) is 12.2. The molecule has 19 nitrogen and oxygen atoms in total. The lowest BCUT2D eigenvalue weighted by atomic mass is 9.99. The average Bonchev–Trinajstić information content (AvgIpc) is 4.23. The summed E-state index contributed by atoms with van der Waals surface area (Å²) >= 11 is 0. The number of likely N-dealkylation sites (tertiary alicyclic amines) is 2. The van der Waals surface area contributed by atoms with Gasteiger partial charge in [0.1, 0.15) is 32.5 Å². The van der Waals surface area contributed by atoms with Gasteiger partial charge in [-0.05, 0) is 105 Å². The maximum Gasteiger partial charge on any atom is 0.377 e. The number of carboxylic acid groups (broad SMARTS) is 1. The summed E-state index contributed by atoms with van der Waals surface area (Å²) in [6.45, 7) is 5.81. The number of aromatic nitrogens is 4. The number of benzene rings is 4. The molecule has 4 atom stereocenters. The highest BCUT2D eigenvalue weighted by Crippen LogP contribution is 2.38. The molecule has 2 aromatic heterocycles. The lowest BCUT2D eigenvalue weighted by Gasteiger charge is -2.29. The fourth-order valence-electron chi connectivity index (χ4n) is 8.97. The van der Waals surface area contributed by atoms with Gasteiger partial charge >= 0.3 is 5.97 Å². The van der Waals surface area contributed by atoms with Crippen LogP contribution in [0.25, 0.3) is 21.8 Å². The molecule has 2 saturated heterocycles. The number of carbonyl (C=O) groups excluding carboxylic acids is 3. The van der Waals surface area contributed by atoms with Gasteiger partial charge in [0, 0.05) is 55.1 Å². The number of nitrogens with zero attached hydrogens (tertiary/aromatic N) is 6. The minimum atomic E-state index is -1.45. The van der Waals surface area contributed by atoms with Gasteiger partial charge in [-0.15, -0.1) is 0 Å². The van der Waals surface area contributed by atoms with Crippen LogP contribution >= 0.6 is 0 Å². The Morgan fingerprint density at radius 2 is 1.10 bits per heavy atom. The fourth-order valence-corrected chi connectivity index (χ4v) is 8.97. The summed E-state index contributed by atoms with van der Waals surface area (Å²) in [6.07, 6.45) is 5.51. The van der Waals surface area contributed by atoms with Crippen LogP contribution in [0.1, 0.15) is 77.2 Å². The van der Waals surface area contributed by atoms with Crippen LogP contribution in [0.15, 0.2) is 73.1 Å². The second-order valence-electron chi connectivity index (χ2n) is 17.7. The monoisotopic (exact) mass is 998 g/mol. The molecule has 0 aliphatic carbocycles. The number of fused-ring (bicyclic) bond motifs is 4.